The molecule has 0 aliphatic heterocycles. The molecule has 166 valence electrons. The topological polar surface area (TPSA) is 148 Å². The molecule has 1 aliphatic carbocycles. The van der Waals surface area contributed by atoms with Crippen LogP contribution in [-0.4, -0.2) is 43.2 Å². The van der Waals surface area contributed by atoms with Gasteiger partial charge in [0.2, 0.25) is 0 Å². The summed E-state index contributed by atoms with van der Waals surface area (Å²) in [5.74, 6) is 0.0965. The highest BCUT2D eigenvalue weighted by atomic mass is 32.1. The molecule has 4 rings (SSSR count). The summed E-state index contributed by atoms with van der Waals surface area (Å²) < 4.78 is 4.22. The maximum absolute atomic E-state index is 12.3. The lowest BCUT2D eigenvalue weighted by atomic mass is 9.91. The van der Waals surface area contributed by atoms with E-state index < -0.39 is 5.91 Å². The highest BCUT2D eigenvalue weighted by molar-refractivity contribution is 7.10. The van der Waals surface area contributed by atoms with Crippen LogP contribution in [0.4, 0.5) is 16.6 Å². The van der Waals surface area contributed by atoms with E-state index >= 15 is 0 Å². The maximum Gasteiger partial charge on any atom is 0.271 e. The van der Waals surface area contributed by atoms with Gasteiger partial charge in [-0.05, 0) is 62.3 Å². The van der Waals surface area contributed by atoms with Crippen molar-refractivity contribution < 1.29 is 9.59 Å². The number of primary amides is 1. The summed E-state index contributed by atoms with van der Waals surface area (Å²) >= 11 is 1.27. The smallest absolute Gasteiger partial charge is 0.271 e. The Labute approximate surface area is 189 Å². The Kier molecular flexibility index (Phi) is 6.55. The van der Waals surface area contributed by atoms with Crippen molar-refractivity contribution in [3.63, 3.8) is 0 Å². The third-order valence-electron chi connectivity index (χ3n) is 5.21. The second kappa shape index (κ2) is 9.69. The summed E-state index contributed by atoms with van der Waals surface area (Å²) in [6.07, 6.45) is 8.16. The van der Waals surface area contributed by atoms with Crippen molar-refractivity contribution in [2.75, 3.05) is 10.6 Å². The number of hydrogen-bond donors (Lipinski definition) is 4. The van der Waals surface area contributed by atoms with Crippen molar-refractivity contribution in [2.24, 2.45) is 5.73 Å². The Hall–Kier alpha value is -3.60. The van der Waals surface area contributed by atoms with Gasteiger partial charge in [0.25, 0.3) is 11.8 Å². The zero-order chi connectivity index (χ0) is 22.5. The molecule has 3 heterocycles. The molecule has 3 aromatic rings. The van der Waals surface area contributed by atoms with Gasteiger partial charge in [-0.2, -0.15) is 4.37 Å². The molecule has 0 atom stereocenters. The van der Waals surface area contributed by atoms with Gasteiger partial charge >= 0.3 is 0 Å². The van der Waals surface area contributed by atoms with E-state index in [1.807, 2.05) is 13.0 Å². The Balaban J connectivity index is 1.36. The van der Waals surface area contributed by atoms with Crippen molar-refractivity contribution in [2.45, 2.75) is 44.7 Å². The molecular formula is C21H24N8O2S. The van der Waals surface area contributed by atoms with Crippen molar-refractivity contribution in [3.8, 4) is 0 Å². The summed E-state index contributed by atoms with van der Waals surface area (Å²) in [5, 5.41) is 10.3. The SMILES string of the molecule is Cc1cc(Nc2nc(NC3CCC(NC(=O)c4cccnc4)CC3)cnc2C(N)=O)sn1. The highest BCUT2D eigenvalue weighted by Crippen LogP contribution is 2.25. The monoisotopic (exact) mass is 452 g/mol. The molecule has 0 bridgehead atoms. The molecule has 3 aromatic heterocycles. The second-order valence-electron chi connectivity index (χ2n) is 7.68. The zero-order valence-electron chi connectivity index (χ0n) is 17.5. The third-order valence-corrected chi connectivity index (χ3v) is 6.01. The molecule has 2 amide bonds. The lowest BCUT2D eigenvalue weighted by Gasteiger charge is -2.30. The molecule has 1 fully saturated rings. The number of carbonyl (C=O) groups excluding carboxylic acids is 2. The van der Waals surface area contributed by atoms with Crippen LogP contribution in [0.25, 0.3) is 0 Å². The van der Waals surface area contributed by atoms with Gasteiger partial charge in [-0.1, -0.05) is 0 Å². The first kappa shape index (κ1) is 21.6. The summed E-state index contributed by atoms with van der Waals surface area (Å²) in [5.41, 5.74) is 6.96. The van der Waals surface area contributed by atoms with Crippen LogP contribution < -0.4 is 21.7 Å². The van der Waals surface area contributed by atoms with Gasteiger partial charge in [-0.3, -0.25) is 14.6 Å². The number of aryl methyl sites for hydroxylation is 1. The van der Waals surface area contributed by atoms with Gasteiger partial charge in [0.15, 0.2) is 11.5 Å². The molecule has 0 unspecified atom stereocenters. The molecule has 0 radical (unpaired) electrons. The molecular weight excluding hydrogens is 428 g/mol. The Morgan fingerprint density at radius 3 is 2.59 bits per heavy atom. The first-order valence-corrected chi connectivity index (χ1v) is 11.1. The first-order chi connectivity index (χ1) is 15.5. The van der Waals surface area contributed by atoms with Gasteiger partial charge in [0.05, 0.1) is 17.5 Å². The highest BCUT2D eigenvalue weighted by Gasteiger charge is 2.24. The van der Waals surface area contributed by atoms with E-state index in [4.69, 9.17) is 5.73 Å². The van der Waals surface area contributed by atoms with Crippen molar-refractivity contribution in [3.05, 3.63) is 53.7 Å². The minimum absolute atomic E-state index is 0.0726. The summed E-state index contributed by atoms with van der Waals surface area (Å²) in [6.45, 7) is 1.88. The van der Waals surface area contributed by atoms with E-state index in [1.165, 1.54) is 17.7 Å². The zero-order valence-corrected chi connectivity index (χ0v) is 18.4. The van der Waals surface area contributed by atoms with Crippen LogP contribution >= 0.6 is 11.5 Å². The van der Waals surface area contributed by atoms with E-state index in [2.05, 4.69) is 35.3 Å². The average molecular weight is 453 g/mol. The predicted octanol–water partition coefficient (Wildman–Crippen LogP) is 2.63. The van der Waals surface area contributed by atoms with Crippen molar-refractivity contribution in [1.29, 1.82) is 0 Å². The minimum atomic E-state index is -0.655. The standard InChI is InChI=1S/C21H24N8O2S/c1-12-9-17(32-29-12)28-20-18(19(22)30)24-11-16(27-20)25-14-4-6-15(7-5-14)26-21(31)13-3-2-8-23-10-13/h2-3,8-11,14-15H,4-7H2,1H3,(H2,22,30)(H,26,31)(H2,25,27,28). The third kappa shape index (κ3) is 5.35. The number of aromatic nitrogens is 4. The van der Waals surface area contributed by atoms with E-state index in [0.717, 1.165) is 36.4 Å². The van der Waals surface area contributed by atoms with E-state index in [9.17, 15) is 9.59 Å². The molecule has 5 N–H and O–H groups in total. The number of amides is 2. The lowest BCUT2D eigenvalue weighted by molar-refractivity contribution is 0.0925. The predicted molar refractivity (Wildman–Crippen MR) is 122 cm³/mol. The Morgan fingerprint density at radius 1 is 1.16 bits per heavy atom. The first-order valence-electron chi connectivity index (χ1n) is 10.3. The Bertz CT molecular complexity index is 1100. The number of nitrogens with zero attached hydrogens (tertiary/aromatic N) is 4. The van der Waals surface area contributed by atoms with Gasteiger partial charge in [0.1, 0.15) is 10.8 Å². The van der Waals surface area contributed by atoms with Gasteiger partial charge in [-0.15, -0.1) is 0 Å². The number of nitrogens with two attached hydrogens (primary N) is 1. The largest absolute Gasteiger partial charge is 0.366 e. The van der Waals surface area contributed by atoms with Crippen molar-refractivity contribution >= 4 is 40.0 Å². The molecule has 0 aromatic carbocycles. The fourth-order valence-corrected chi connectivity index (χ4v) is 4.28. The van der Waals surface area contributed by atoms with Crippen LogP contribution in [0.2, 0.25) is 0 Å². The lowest BCUT2D eigenvalue weighted by Crippen LogP contribution is -2.40. The summed E-state index contributed by atoms with van der Waals surface area (Å²) in [7, 11) is 0. The van der Waals surface area contributed by atoms with Gasteiger partial charge in [-0.25, -0.2) is 9.97 Å². The summed E-state index contributed by atoms with van der Waals surface area (Å²) in [4.78, 5) is 36.8. The van der Waals surface area contributed by atoms with Crippen LogP contribution in [0.3, 0.4) is 0 Å². The number of pyridine rings is 1. The van der Waals surface area contributed by atoms with E-state index in [-0.39, 0.29) is 23.7 Å². The number of anilines is 3. The average Bonchev–Trinajstić information content (AvgIpc) is 3.20. The fraction of sp³-hybridized carbons (Fsp3) is 0.333. The molecule has 0 saturated heterocycles. The molecule has 11 heteroatoms. The maximum atomic E-state index is 12.3. The van der Waals surface area contributed by atoms with Crippen LogP contribution in [0.5, 0.6) is 0 Å². The number of rotatable bonds is 7. The van der Waals surface area contributed by atoms with Crippen LogP contribution in [0.15, 0.2) is 36.8 Å². The number of hydrogen-bond acceptors (Lipinski definition) is 9. The Morgan fingerprint density at radius 2 is 1.94 bits per heavy atom. The number of nitrogens with one attached hydrogen (secondary N) is 3. The van der Waals surface area contributed by atoms with Crippen LogP contribution in [0, 0.1) is 6.92 Å². The van der Waals surface area contributed by atoms with Gasteiger partial charge < -0.3 is 21.7 Å². The molecule has 10 nitrogen and oxygen atoms in total. The second-order valence-corrected chi connectivity index (χ2v) is 8.49. The molecule has 1 saturated carbocycles. The minimum Gasteiger partial charge on any atom is -0.366 e. The molecule has 0 spiro atoms. The van der Waals surface area contributed by atoms with Gasteiger partial charge in [0, 0.05) is 24.5 Å². The molecule has 32 heavy (non-hydrogen) atoms. The normalized spacial score (nSPS) is 18.0. The summed E-state index contributed by atoms with van der Waals surface area (Å²) in [6, 6.07) is 5.67. The number of carbonyl (C=O) groups is 2. The van der Waals surface area contributed by atoms with E-state index in [0.29, 0.717) is 17.2 Å². The van der Waals surface area contributed by atoms with E-state index in [1.54, 1.807) is 24.5 Å². The fourth-order valence-electron chi connectivity index (χ4n) is 3.62. The van der Waals surface area contributed by atoms with Crippen LogP contribution in [-0.2, 0) is 0 Å². The quantitative estimate of drug-likeness (QED) is 0.428. The van der Waals surface area contributed by atoms with Crippen molar-refractivity contribution in [1.82, 2.24) is 24.6 Å². The van der Waals surface area contributed by atoms with Crippen LogP contribution in [0.1, 0.15) is 52.2 Å². The molecule has 1 aliphatic rings.